The molecule has 0 heterocycles. The third kappa shape index (κ3) is 10.0. The van der Waals surface area contributed by atoms with Crippen LogP contribution in [0, 0.1) is 0 Å². The lowest BCUT2D eigenvalue weighted by molar-refractivity contribution is -0.135. The van der Waals surface area contributed by atoms with Crippen LogP contribution in [0.3, 0.4) is 0 Å². The van der Waals surface area contributed by atoms with Gasteiger partial charge in [-0.1, -0.05) is 13.3 Å². The van der Waals surface area contributed by atoms with Gasteiger partial charge in [0.05, 0.1) is 0 Å². The number of guanidine groups is 1. The number of rotatable bonds is 7. The SMILES string of the molecule is CCS(=O)C1CCCC(NC(=NC)NCCCCC(F)(F)F)C1.I. The minimum absolute atomic E-state index is 0. The van der Waals surface area contributed by atoms with E-state index in [-0.39, 0.29) is 41.7 Å². The van der Waals surface area contributed by atoms with Crippen LogP contribution in [-0.2, 0) is 10.8 Å². The first kappa shape index (κ1) is 23.9. The second-order valence-corrected chi connectivity index (χ2v) is 7.88. The van der Waals surface area contributed by atoms with Gasteiger partial charge in [-0.15, -0.1) is 24.0 Å². The number of aliphatic imine (C=N–C) groups is 1. The predicted molar refractivity (Wildman–Crippen MR) is 105 cm³/mol. The van der Waals surface area contributed by atoms with Crippen molar-refractivity contribution >= 4 is 40.7 Å². The van der Waals surface area contributed by atoms with Crippen molar-refractivity contribution in [3.8, 4) is 0 Å². The second-order valence-electron chi connectivity index (χ2n) is 5.87. The molecule has 0 amide bonds. The Kier molecular flexibility index (Phi) is 12.3. The van der Waals surface area contributed by atoms with Crippen LogP contribution < -0.4 is 10.6 Å². The summed E-state index contributed by atoms with van der Waals surface area (Å²) in [4.78, 5) is 4.11. The standard InChI is InChI=1S/C15H28F3N3OS.HI/c1-3-23(22)13-8-6-7-12(11-13)21-14(19-2)20-10-5-4-9-15(16,17)18;/h12-13H,3-11H2,1-2H3,(H2,19,20,21);1H. The van der Waals surface area contributed by atoms with Gasteiger partial charge >= 0.3 is 6.18 Å². The van der Waals surface area contributed by atoms with Gasteiger partial charge in [0.25, 0.3) is 0 Å². The highest BCUT2D eigenvalue weighted by Crippen LogP contribution is 2.23. The van der Waals surface area contributed by atoms with Crippen LogP contribution in [0.5, 0.6) is 0 Å². The van der Waals surface area contributed by atoms with E-state index < -0.39 is 23.4 Å². The largest absolute Gasteiger partial charge is 0.389 e. The lowest BCUT2D eigenvalue weighted by Crippen LogP contribution is -2.46. The minimum atomic E-state index is -4.08. The van der Waals surface area contributed by atoms with Crippen LogP contribution in [-0.4, -0.2) is 47.0 Å². The lowest BCUT2D eigenvalue weighted by Gasteiger charge is -2.30. The van der Waals surface area contributed by atoms with E-state index >= 15 is 0 Å². The van der Waals surface area contributed by atoms with Crippen molar-refractivity contribution < 1.29 is 17.4 Å². The van der Waals surface area contributed by atoms with Crippen molar-refractivity contribution in [2.45, 2.75) is 69.3 Å². The van der Waals surface area contributed by atoms with Crippen molar-refractivity contribution in [3.05, 3.63) is 0 Å². The minimum Gasteiger partial charge on any atom is -0.356 e. The molecular formula is C15H29F3IN3OS. The molecule has 0 radical (unpaired) electrons. The van der Waals surface area contributed by atoms with E-state index in [1.165, 1.54) is 0 Å². The first-order chi connectivity index (χ1) is 10.9. The molecule has 3 unspecified atom stereocenters. The second kappa shape index (κ2) is 12.3. The van der Waals surface area contributed by atoms with Crippen LogP contribution in [0.25, 0.3) is 0 Å². The van der Waals surface area contributed by atoms with Crippen molar-refractivity contribution in [2.75, 3.05) is 19.3 Å². The number of nitrogens with one attached hydrogen (secondary N) is 2. The van der Waals surface area contributed by atoms with E-state index in [9.17, 15) is 17.4 Å². The van der Waals surface area contributed by atoms with Gasteiger partial charge in [-0.3, -0.25) is 9.20 Å². The fraction of sp³-hybridized carbons (Fsp3) is 0.933. The number of unbranched alkanes of at least 4 members (excludes halogenated alkanes) is 1. The molecule has 0 aromatic carbocycles. The van der Waals surface area contributed by atoms with Gasteiger partial charge in [-0.05, 0) is 32.1 Å². The van der Waals surface area contributed by atoms with Crippen molar-refractivity contribution in [1.82, 2.24) is 10.6 Å². The van der Waals surface area contributed by atoms with E-state index in [1.807, 2.05) is 6.92 Å². The summed E-state index contributed by atoms with van der Waals surface area (Å²) in [5, 5.41) is 6.59. The molecule has 4 nitrogen and oxygen atoms in total. The van der Waals surface area contributed by atoms with E-state index in [4.69, 9.17) is 0 Å². The maximum atomic E-state index is 12.1. The summed E-state index contributed by atoms with van der Waals surface area (Å²) >= 11 is 0. The number of halogens is 4. The highest BCUT2D eigenvalue weighted by molar-refractivity contribution is 14.0. The topological polar surface area (TPSA) is 53.5 Å². The fourth-order valence-corrected chi connectivity index (χ4v) is 4.14. The summed E-state index contributed by atoms with van der Waals surface area (Å²) in [5.41, 5.74) is 0. The first-order valence-electron chi connectivity index (χ1n) is 8.26. The molecule has 2 N–H and O–H groups in total. The summed E-state index contributed by atoms with van der Waals surface area (Å²) in [6.07, 6.45) is -0.345. The third-order valence-corrected chi connectivity index (χ3v) is 5.77. The number of hydrogen-bond donors (Lipinski definition) is 2. The van der Waals surface area contributed by atoms with Gasteiger partial charge in [0.1, 0.15) is 0 Å². The maximum absolute atomic E-state index is 12.1. The van der Waals surface area contributed by atoms with Crippen LogP contribution >= 0.6 is 24.0 Å². The summed E-state index contributed by atoms with van der Waals surface area (Å²) in [6, 6.07) is 0.227. The normalized spacial score (nSPS) is 23.3. The van der Waals surface area contributed by atoms with Gasteiger partial charge in [0.15, 0.2) is 5.96 Å². The van der Waals surface area contributed by atoms with E-state index in [0.29, 0.717) is 24.7 Å². The summed E-state index contributed by atoms with van der Waals surface area (Å²) in [5.74, 6) is 1.30. The zero-order valence-electron chi connectivity index (χ0n) is 14.3. The maximum Gasteiger partial charge on any atom is 0.389 e. The molecule has 24 heavy (non-hydrogen) atoms. The number of nitrogens with zero attached hydrogens (tertiary/aromatic N) is 1. The van der Waals surface area contributed by atoms with Crippen molar-refractivity contribution in [3.63, 3.8) is 0 Å². The molecule has 1 fully saturated rings. The molecule has 1 aliphatic carbocycles. The molecule has 0 aromatic rings. The Balaban J connectivity index is 0.00000529. The van der Waals surface area contributed by atoms with Crippen molar-refractivity contribution in [1.29, 1.82) is 0 Å². The van der Waals surface area contributed by atoms with Gasteiger partial charge in [0, 0.05) is 47.9 Å². The molecule has 3 atom stereocenters. The molecule has 1 saturated carbocycles. The Hall–Kier alpha value is -0.0600. The predicted octanol–water partition coefficient (Wildman–Crippen LogP) is 3.58. The Morgan fingerprint density at radius 3 is 2.58 bits per heavy atom. The quantitative estimate of drug-likeness (QED) is 0.252. The average molecular weight is 483 g/mol. The van der Waals surface area contributed by atoms with Gasteiger partial charge in [0.2, 0.25) is 0 Å². The molecule has 1 rings (SSSR count). The van der Waals surface area contributed by atoms with Gasteiger partial charge < -0.3 is 10.6 Å². The fourth-order valence-electron chi connectivity index (χ4n) is 2.80. The summed E-state index contributed by atoms with van der Waals surface area (Å²) in [7, 11) is 0.874. The van der Waals surface area contributed by atoms with Gasteiger partial charge in [-0.2, -0.15) is 13.2 Å². The lowest BCUT2D eigenvalue weighted by atomic mass is 9.95. The van der Waals surface area contributed by atoms with Crippen molar-refractivity contribution in [2.24, 2.45) is 4.99 Å². The average Bonchev–Trinajstić information content (AvgIpc) is 2.51. The molecule has 0 aromatic heterocycles. The molecule has 9 heteroatoms. The Morgan fingerprint density at radius 1 is 1.29 bits per heavy atom. The van der Waals surface area contributed by atoms with E-state index in [0.717, 1.165) is 25.7 Å². The molecule has 0 spiro atoms. The zero-order chi connectivity index (χ0) is 17.3. The van der Waals surface area contributed by atoms with Crippen LogP contribution in [0.2, 0.25) is 0 Å². The highest BCUT2D eigenvalue weighted by atomic mass is 127. The Bertz CT molecular complexity index is 408. The molecule has 144 valence electrons. The molecule has 0 aliphatic heterocycles. The first-order valence-corrected chi connectivity index (χ1v) is 9.65. The molecule has 1 aliphatic rings. The summed E-state index contributed by atoms with van der Waals surface area (Å²) < 4.78 is 48.1. The smallest absolute Gasteiger partial charge is 0.356 e. The summed E-state index contributed by atoms with van der Waals surface area (Å²) in [6.45, 7) is 2.40. The van der Waals surface area contributed by atoms with Crippen LogP contribution in [0.4, 0.5) is 13.2 Å². The van der Waals surface area contributed by atoms with E-state index in [1.54, 1.807) is 7.05 Å². The van der Waals surface area contributed by atoms with E-state index in [2.05, 4.69) is 15.6 Å². The highest BCUT2D eigenvalue weighted by Gasteiger charge is 2.27. The monoisotopic (exact) mass is 483 g/mol. The van der Waals surface area contributed by atoms with Crippen LogP contribution in [0.1, 0.15) is 51.9 Å². The number of alkyl halides is 3. The molecular weight excluding hydrogens is 454 g/mol. The Morgan fingerprint density at radius 2 is 2.00 bits per heavy atom. The van der Waals surface area contributed by atoms with Crippen LogP contribution in [0.15, 0.2) is 4.99 Å². The number of hydrogen-bond acceptors (Lipinski definition) is 2. The zero-order valence-corrected chi connectivity index (χ0v) is 17.5. The third-order valence-electron chi connectivity index (χ3n) is 4.03. The van der Waals surface area contributed by atoms with Gasteiger partial charge in [-0.25, -0.2) is 0 Å². The molecule has 0 bridgehead atoms. The Labute approximate surface area is 162 Å². The molecule has 0 saturated heterocycles.